The van der Waals surface area contributed by atoms with E-state index in [0.717, 1.165) is 0 Å². The van der Waals surface area contributed by atoms with Crippen LogP contribution >= 0.6 is 0 Å². The molecule has 1 amide bonds. The monoisotopic (exact) mass is 175 g/mol. The zero-order valence-electron chi connectivity index (χ0n) is 6.97. The number of hydrogen-bond acceptors (Lipinski definition) is 2. The molecule has 1 N–H and O–H groups in total. The molecule has 66 valence electrons. The van der Waals surface area contributed by atoms with Gasteiger partial charge in [-0.25, -0.2) is 5.06 Å². The van der Waals surface area contributed by atoms with Gasteiger partial charge in [0, 0.05) is 5.56 Å². The van der Waals surface area contributed by atoms with Crippen molar-refractivity contribution in [2.24, 2.45) is 0 Å². The van der Waals surface area contributed by atoms with E-state index in [9.17, 15) is 4.79 Å². The molecule has 1 rings (SSSR count). The summed E-state index contributed by atoms with van der Waals surface area (Å²) in [5, 5.41) is 9.62. The topological polar surface area (TPSA) is 40.5 Å². The van der Waals surface area contributed by atoms with Crippen LogP contribution in [0, 0.1) is 12.3 Å². The van der Waals surface area contributed by atoms with Gasteiger partial charge >= 0.3 is 0 Å². The molecule has 0 aromatic heterocycles. The summed E-state index contributed by atoms with van der Waals surface area (Å²) in [7, 11) is 0. The summed E-state index contributed by atoms with van der Waals surface area (Å²) in [6.07, 6.45) is 4.94. The van der Waals surface area contributed by atoms with Gasteiger partial charge in [0.2, 0.25) is 0 Å². The maximum absolute atomic E-state index is 11.3. The first-order valence-corrected chi connectivity index (χ1v) is 3.75. The Hall–Kier alpha value is -1.79. The van der Waals surface area contributed by atoms with Crippen LogP contribution in [-0.4, -0.2) is 22.7 Å². The van der Waals surface area contributed by atoms with Crippen LogP contribution in [0.15, 0.2) is 30.3 Å². The fourth-order valence-electron chi connectivity index (χ4n) is 0.888. The minimum Gasteiger partial charge on any atom is -0.285 e. The second-order valence-electron chi connectivity index (χ2n) is 2.43. The normalized spacial score (nSPS) is 8.92. The molecule has 0 spiro atoms. The molecule has 0 atom stereocenters. The summed E-state index contributed by atoms with van der Waals surface area (Å²) in [6.45, 7) is -0.103. The van der Waals surface area contributed by atoms with Gasteiger partial charge in [0.15, 0.2) is 0 Å². The lowest BCUT2D eigenvalue weighted by Crippen LogP contribution is -2.27. The maximum atomic E-state index is 11.3. The smallest absolute Gasteiger partial charge is 0.278 e. The Morgan fingerprint density at radius 2 is 2.08 bits per heavy atom. The minimum absolute atomic E-state index is 0.103. The molecule has 0 radical (unpaired) electrons. The Kier molecular flexibility index (Phi) is 3.07. The molecule has 0 unspecified atom stereocenters. The van der Waals surface area contributed by atoms with Crippen molar-refractivity contribution < 1.29 is 10.0 Å². The summed E-state index contributed by atoms with van der Waals surface area (Å²) in [5.74, 6) is 1.69. The summed E-state index contributed by atoms with van der Waals surface area (Å²) in [6, 6.07) is 8.46. The zero-order chi connectivity index (χ0) is 9.68. The van der Waals surface area contributed by atoms with Crippen molar-refractivity contribution >= 4 is 5.91 Å². The molecular weight excluding hydrogens is 166 g/mol. The predicted octanol–water partition coefficient (Wildman–Crippen LogP) is 1.15. The number of amides is 1. The molecular formula is C10H9NO2. The van der Waals surface area contributed by atoms with Crippen LogP contribution in [0.2, 0.25) is 0 Å². The molecule has 1 aromatic carbocycles. The lowest BCUT2D eigenvalue weighted by molar-refractivity contribution is -0.0479. The summed E-state index contributed by atoms with van der Waals surface area (Å²) >= 11 is 0. The molecule has 0 saturated carbocycles. The summed E-state index contributed by atoms with van der Waals surface area (Å²) < 4.78 is 0. The zero-order valence-corrected chi connectivity index (χ0v) is 6.97. The molecule has 0 bridgehead atoms. The van der Waals surface area contributed by atoms with Crippen LogP contribution in [0.4, 0.5) is 0 Å². The van der Waals surface area contributed by atoms with E-state index in [4.69, 9.17) is 11.6 Å². The van der Waals surface area contributed by atoms with E-state index >= 15 is 0 Å². The number of rotatable bonds is 2. The largest absolute Gasteiger partial charge is 0.285 e. The SMILES string of the molecule is C#CCN(O)C(=O)c1ccccc1. The molecule has 0 aliphatic heterocycles. The van der Waals surface area contributed by atoms with Crippen molar-refractivity contribution in [3.63, 3.8) is 0 Å². The Morgan fingerprint density at radius 1 is 1.46 bits per heavy atom. The van der Waals surface area contributed by atoms with Gasteiger partial charge < -0.3 is 0 Å². The standard InChI is InChI=1S/C10H9NO2/c1-2-8-11(13)10(12)9-6-4-3-5-7-9/h1,3-7,13H,8H2. The number of hydrogen-bond donors (Lipinski definition) is 1. The highest BCUT2D eigenvalue weighted by molar-refractivity contribution is 5.93. The van der Waals surface area contributed by atoms with E-state index < -0.39 is 5.91 Å². The van der Waals surface area contributed by atoms with Gasteiger partial charge in [0.1, 0.15) is 6.54 Å². The van der Waals surface area contributed by atoms with E-state index in [0.29, 0.717) is 10.6 Å². The lowest BCUT2D eigenvalue weighted by atomic mass is 10.2. The highest BCUT2D eigenvalue weighted by atomic mass is 16.5. The minimum atomic E-state index is -0.487. The fraction of sp³-hybridized carbons (Fsp3) is 0.100. The van der Waals surface area contributed by atoms with E-state index in [-0.39, 0.29) is 6.54 Å². The number of hydroxylamine groups is 2. The summed E-state index contributed by atoms with van der Waals surface area (Å²) in [4.78, 5) is 11.3. The van der Waals surface area contributed by atoms with E-state index in [1.165, 1.54) is 0 Å². The number of benzene rings is 1. The van der Waals surface area contributed by atoms with E-state index in [1.807, 2.05) is 0 Å². The third-order valence-electron chi connectivity index (χ3n) is 1.50. The van der Waals surface area contributed by atoms with Crippen molar-refractivity contribution in [1.82, 2.24) is 5.06 Å². The predicted molar refractivity (Wildman–Crippen MR) is 48.1 cm³/mol. The first-order valence-electron chi connectivity index (χ1n) is 3.75. The Labute approximate surface area is 76.6 Å². The van der Waals surface area contributed by atoms with Gasteiger partial charge in [0.05, 0.1) is 0 Å². The number of terminal acetylenes is 1. The molecule has 3 nitrogen and oxygen atoms in total. The Morgan fingerprint density at radius 3 is 2.62 bits per heavy atom. The van der Waals surface area contributed by atoms with Crippen LogP contribution in [-0.2, 0) is 0 Å². The molecule has 0 aliphatic rings. The van der Waals surface area contributed by atoms with Crippen LogP contribution in [0.1, 0.15) is 10.4 Å². The van der Waals surface area contributed by atoms with Crippen molar-refractivity contribution in [2.45, 2.75) is 0 Å². The van der Waals surface area contributed by atoms with E-state index in [2.05, 4.69) is 5.92 Å². The third-order valence-corrected chi connectivity index (χ3v) is 1.50. The van der Waals surface area contributed by atoms with Crippen molar-refractivity contribution in [3.8, 4) is 12.3 Å². The van der Waals surface area contributed by atoms with Gasteiger partial charge in [0.25, 0.3) is 5.91 Å². The van der Waals surface area contributed by atoms with Crippen molar-refractivity contribution in [1.29, 1.82) is 0 Å². The van der Waals surface area contributed by atoms with Crippen molar-refractivity contribution in [2.75, 3.05) is 6.54 Å². The van der Waals surface area contributed by atoms with Gasteiger partial charge in [-0.2, -0.15) is 0 Å². The van der Waals surface area contributed by atoms with Crippen LogP contribution in [0.25, 0.3) is 0 Å². The second-order valence-corrected chi connectivity index (χ2v) is 2.43. The van der Waals surface area contributed by atoms with Gasteiger partial charge in [-0.15, -0.1) is 6.42 Å². The average molecular weight is 175 g/mol. The lowest BCUT2D eigenvalue weighted by Gasteiger charge is -2.10. The molecule has 13 heavy (non-hydrogen) atoms. The molecule has 0 saturated heterocycles. The average Bonchev–Trinajstić information content (AvgIpc) is 2.18. The number of carbonyl (C=O) groups is 1. The molecule has 0 heterocycles. The Balaban J connectivity index is 2.75. The third kappa shape index (κ3) is 2.32. The Bertz CT molecular complexity index is 327. The van der Waals surface area contributed by atoms with Gasteiger partial charge in [-0.05, 0) is 12.1 Å². The molecule has 0 fully saturated rings. The number of nitrogens with zero attached hydrogens (tertiary/aromatic N) is 1. The highest BCUT2D eigenvalue weighted by Crippen LogP contribution is 2.01. The second kappa shape index (κ2) is 4.29. The fourth-order valence-corrected chi connectivity index (χ4v) is 0.888. The molecule has 3 heteroatoms. The first-order chi connectivity index (χ1) is 6.25. The van der Waals surface area contributed by atoms with Gasteiger partial charge in [-0.1, -0.05) is 24.1 Å². The van der Waals surface area contributed by atoms with Crippen LogP contribution in [0.3, 0.4) is 0 Å². The van der Waals surface area contributed by atoms with Crippen molar-refractivity contribution in [3.05, 3.63) is 35.9 Å². The quantitative estimate of drug-likeness (QED) is 0.416. The van der Waals surface area contributed by atoms with Crippen LogP contribution < -0.4 is 0 Å². The maximum Gasteiger partial charge on any atom is 0.278 e. The molecule has 1 aromatic rings. The van der Waals surface area contributed by atoms with E-state index in [1.54, 1.807) is 30.3 Å². The molecule has 0 aliphatic carbocycles. The first kappa shape index (κ1) is 9.30. The number of carbonyl (C=O) groups excluding carboxylic acids is 1. The van der Waals surface area contributed by atoms with Crippen LogP contribution in [0.5, 0.6) is 0 Å². The summed E-state index contributed by atoms with van der Waals surface area (Å²) in [5.41, 5.74) is 0.417. The van der Waals surface area contributed by atoms with Gasteiger partial charge in [-0.3, -0.25) is 10.0 Å². The highest BCUT2D eigenvalue weighted by Gasteiger charge is 2.10.